The Morgan fingerprint density at radius 2 is 1.88 bits per heavy atom. The number of nitrogens with zero attached hydrogens (tertiary/aromatic N) is 1. The van der Waals surface area contributed by atoms with Crippen LogP contribution in [0.1, 0.15) is 39.3 Å². The van der Waals surface area contributed by atoms with Gasteiger partial charge in [0.1, 0.15) is 15.5 Å². The fourth-order valence-corrected chi connectivity index (χ4v) is 4.56. The molecule has 4 nitrogen and oxygen atoms in total. The van der Waals surface area contributed by atoms with Crippen molar-refractivity contribution in [1.29, 1.82) is 0 Å². The van der Waals surface area contributed by atoms with Gasteiger partial charge in [-0.3, -0.25) is 4.79 Å². The molecule has 1 aliphatic rings. The Hall–Kier alpha value is -2.47. The predicted molar refractivity (Wildman–Crippen MR) is 99.8 cm³/mol. The Labute approximate surface area is 148 Å². The summed E-state index contributed by atoms with van der Waals surface area (Å²) >= 11 is 1.32. The lowest BCUT2D eigenvalue weighted by atomic mass is 9.89. The first-order valence-electron chi connectivity index (χ1n) is 8.32. The average Bonchev–Trinajstić information content (AvgIpc) is 2.94. The summed E-state index contributed by atoms with van der Waals surface area (Å²) in [6.07, 6.45) is 4.31. The highest BCUT2D eigenvalue weighted by molar-refractivity contribution is 7.21. The van der Waals surface area contributed by atoms with Gasteiger partial charge in [0.15, 0.2) is 0 Å². The highest BCUT2D eigenvalue weighted by atomic mass is 32.1. The number of amides is 1. The molecule has 0 atom stereocenters. The molecule has 0 saturated heterocycles. The van der Waals surface area contributed by atoms with Crippen LogP contribution < -0.4 is 11.1 Å². The second-order valence-electron chi connectivity index (χ2n) is 6.35. The van der Waals surface area contributed by atoms with Crippen molar-refractivity contribution in [2.75, 3.05) is 11.1 Å². The second kappa shape index (κ2) is 6.11. The van der Waals surface area contributed by atoms with Gasteiger partial charge in [0.05, 0.1) is 5.69 Å². The van der Waals surface area contributed by atoms with Crippen LogP contribution in [0.5, 0.6) is 0 Å². The second-order valence-corrected chi connectivity index (χ2v) is 7.35. The molecule has 3 aromatic rings. The van der Waals surface area contributed by atoms with E-state index in [1.54, 1.807) is 0 Å². The number of hydrogen-bond acceptors (Lipinski definition) is 4. The summed E-state index contributed by atoms with van der Waals surface area (Å²) in [6.45, 7) is 2.03. The molecule has 1 aromatic carbocycles. The molecular weight excluding hydrogens is 337 g/mol. The molecule has 1 aliphatic carbocycles. The third kappa shape index (κ3) is 2.76. The van der Waals surface area contributed by atoms with Gasteiger partial charge in [-0.25, -0.2) is 9.37 Å². The van der Waals surface area contributed by atoms with Crippen molar-refractivity contribution in [3.8, 4) is 0 Å². The first-order valence-corrected chi connectivity index (χ1v) is 9.13. The van der Waals surface area contributed by atoms with Crippen LogP contribution in [-0.2, 0) is 12.8 Å². The van der Waals surface area contributed by atoms with E-state index >= 15 is 0 Å². The zero-order valence-corrected chi connectivity index (χ0v) is 14.7. The Morgan fingerprint density at radius 1 is 1.20 bits per heavy atom. The predicted octanol–water partition coefficient (Wildman–Crippen LogP) is 4.46. The smallest absolute Gasteiger partial charge is 0.267 e. The first kappa shape index (κ1) is 16.0. The number of pyridine rings is 1. The van der Waals surface area contributed by atoms with Crippen molar-refractivity contribution >= 4 is 38.8 Å². The van der Waals surface area contributed by atoms with E-state index < -0.39 is 0 Å². The van der Waals surface area contributed by atoms with Crippen LogP contribution in [0, 0.1) is 12.7 Å². The van der Waals surface area contributed by atoms with Gasteiger partial charge in [0.2, 0.25) is 0 Å². The van der Waals surface area contributed by atoms with Crippen LogP contribution in [0.4, 0.5) is 15.8 Å². The molecule has 0 unspecified atom stereocenters. The summed E-state index contributed by atoms with van der Waals surface area (Å²) in [6, 6.07) is 5.68. The molecule has 4 rings (SSSR count). The molecule has 0 fully saturated rings. The molecule has 2 heterocycles. The van der Waals surface area contributed by atoms with E-state index in [2.05, 4.69) is 10.3 Å². The maximum atomic E-state index is 13.0. The fraction of sp³-hybridized carbons (Fsp3) is 0.263. The number of aromatic nitrogens is 1. The van der Waals surface area contributed by atoms with E-state index in [0.717, 1.165) is 35.2 Å². The molecule has 2 aromatic heterocycles. The lowest BCUT2D eigenvalue weighted by Gasteiger charge is -2.18. The standard InChI is InChI=1S/C19H18FN3OS/c1-10-13-4-2-3-5-14(13)15-16(21)17(25-19(15)22-10)18(24)23-12-8-6-11(20)7-9-12/h6-9H,2-5,21H2,1H3,(H,23,24). The Balaban J connectivity index is 1.76. The molecule has 128 valence electrons. The van der Waals surface area contributed by atoms with Crippen LogP contribution in [-0.4, -0.2) is 10.9 Å². The van der Waals surface area contributed by atoms with Crippen LogP contribution in [0.25, 0.3) is 10.2 Å². The molecule has 1 amide bonds. The molecule has 25 heavy (non-hydrogen) atoms. The summed E-state index contributed by atoms with van der Waals surface area (Å²) in [4.78, 5) is 18.6. The molecule has 0 aliphatic heterocycles. The SMILES string of the molecule is Cc1nc2sc(C(=O)Nc3ccc(F)cc3)c(N)c2c2c1CCCC2. The lowest BCUT2D eigenvalue weighted by Crippen LogP contribution is -2.12. The minimum Gasteiger partial charge on any atom is -0.397 e. The van der Waals surface area contributed by atoms with Crippen LogP contribution in [0.2, 0.25) is 0 Å². The Morgan fingerprint density at radius 3 is 2.60 bits per heavy atom. The number of nitrogens with two attached hydrogens (primary N) is 1. The molecule has 6 heteroatoms. The number of carbonyl (C=O) groups excluding carboxylic acids is 1. The van der Waals surface area contributed by atoms with E-state index in [0.29, 0.717) is 16.3 Å². The van der Waals surface area contributed by atoms with Crippen molar-refractivity contribution in [3.63, 3.8) is 0 Å². The number of fused-ring (bicyclic) bond motifs is 3. The minimum atomic E-state index is -0.342. The summed E-state index contributed by atoms with van der Waals surface area (Å²) in [5.74, 6) is -0.625. The van der Waals surface area contributed by atoms with Crippen molar-refractivity contribution in [2.24, 2.45) is 0 Å². The first-order chi connectivity index (χ1) is 12.0. The molecule has 3 N–H and O–H groups in total. The summed E-state index contributed by atoms with van der Waals surface area (Å²) in [7, 11) is 0. The van der Waals surface area contributed by atoms with E-state index in [1.165, 1.54) is 53.1 Å². The third-order valence-electron chi connectivity index (χ3n) is 4.71. The fourth-order valence-electron chi connectivity index (χ4n) is 3.49. The average molecular weight is 355 g/mol. The van der Waals surface area contributed by atoms with Gasteiger partial charge in [0.25, 0.3) is 5.91 Å². The summed E-state index contributed by atoms with van der Waals surface area (Å²) < 4.78 is 13.0. The molecule has 0 spiro atoms. The quantitative estimate of drug-likeness (QED) is 0.713. The van der Waals surface area contributed by atoms with Gasteiger partial charge in [0, 0.05) is 16.8 Å². The zero-order valence-electron chi connectivity index (χ0n) is 13.9. The highest BCUT2D eigenvalue weighted by Crippen LogP contribution is 2.39. The topological polar surface area (TPSA) is 68.0 Å². The van der Waals surface area contributed by atoms with Gasteiger partial charge in [-0.1, -0.05) is 0 Å². The van der Waals surface area contributed by atoms with Gasteiger partial charge in [-0.2, -0.15) is 0 Å². The number of carbonyl (C=O) groups is 1. The van der Waals surface area contributed by atoms with E-state index in [1.807, 2.05) is 6.92 Å². The maximum Gasteiger partial charge on any atom is 0.267 e. The number of thiophene rings is 1. The van der Waals surface area contributed by atoms with Crippen LogP contribution >= 0.6 is 11.3 Å². The van der Waals surface area contributed by atoms with Crippen molar-refractivity contribution in [2.45, 2.75) is 32.6 Å². The zero-order chi connectivity index (χ0) is 17.6. The molecule has 0 radical (unpaired) electrons. The number of aryl methyl sites for hydroxylation is 2. The Kier molecular flexibility index (Phi) is 3.92. The lowest BCUT2D eigenvalue weighted by molar-refractivity contribution is 0.103. The molecule has 0 bridgehead atoms. The number of anilines is 2. The largest absolute Gasteiger partial charge is 0.397 e. The van der Waals surface area contributed by atoms with Crippen molar-refractivity contribution < 1.29 is 9.18 Å². The number of hydrogen-bond donors (Lipinski definition) is 2. The van der Waals surface area contributed by atoms with Gasteiger partial charge < -0.3 is 11.1 Å². The van der Waals surface area contributed by atoms with Gasteiger partial charge in [-0.15, -0.1) is 11.3 Å². The monoisotopic (exact) mass is 355 g/mol. The summed E-state index contributed by atoms with van der Waals surface area (Å²) in [5, 5.41) is 3.72. The highest BCUT2D eigenvalue weighted by Gasteiger charge is 2.24. The van der Waals surface area contributed by atoms with Crippen molar-refractivity contribution in [3.05, 3.63) is 51.8 Å². The molecule has 0 saturated carbocycles. The number of benzene rings is 1. The number of rotatable bonds is 2. The summed E-state index contributed by atoms with van der Waals surface area (Å²) in [5.41, 5.74) is 11.0. The third-order valence-corrected chi connectivity index (χ3v) is 5.81. The van der Waals surface area contributed by atoms with Gasteiger partial charge in [-0.05, 0) is 68.0 Å². The van der Waals surface area contributed by atoms with Crippen LogP contribution in [0.3, 0.4) is 0 Å². The minimum absolute atomic E-state index is 0.283. The van der Waals surface area contributed by atoms with Crippen molar-refractivity contribution in [1.82, 2.24) is 4.98 Å². The Bertz CT molecular complexity index is 979. The van der Waals surface area contributed by atoms with E-state index in [-0.39, 0.29) is 11.7 Å². The number of nitrogen functional groups attached to an aromatic ring is 1. The van der Waals surface area contributed by atoms with E-state index in [9.17, 15) is 9.18 Å². The normalized spacial score (nSPS) is 13.7. The van der Waals surface area contributed by atoms with Crippen LogP contribution in [0.15, 0.2) is 24.3 Å². The maximum absolute atomic E-state index is 13.0. The van der Waals surface area contributed by atoms with E-state index in [4.69, 9.17) is 5.73 Å². The number of nitrogens with one attached hydrogen (secondary N) is 1. The number of halogens is 1. The van der Waals surface area contributed by atoms with Gasteiger partial charge >= 0.3 is 0 Å². The molecular formula is C19H18FN3OS.